The minimum Gasteiger partial charge on any atom is -0.377 e. The molecule has 0 aliphatic carbocycles. The molecule has 1 amide bonds. The van der Waals surface area contributed by atoms with Gasteiger partial charge < -0.3 is 9.64 Å². The molecule has 1 atom stereocenters. The van der Waals surface area contributed by atoms with Crippen LogP contribution in [-0.4, -0.2) is 79.6 Å². The highest BCUT2D eigenvalue weighted by Gasteiger charge is 2.24. The summed E-state index contributed by atoms with van der Waals surface area (Å²) < 4.78 is 5.73. The van der Waals surface area contributed by atoms with E-state index in [1.165, 1.54) is 24.0 Å². The summed E-state index contributed by atoms with van der Waals surface area (Å²) in [7, 11) is 1.91. The summed E-state index contributed by atoms with van der Waals surface area (Å²) >= 11 is 0. The minimum atomic E-state index is 0.204. The highest BCUT2D eigenvalue weighted by atomic mass is 16.5. The van der Waals surface area contributed by atoms with Crippen molar-refractivity contribution in [2.45, 2.75) is 32.4 Å². The van der Waals surface area contributed by atoms with E-state index in [0.717, 1.165) is 39.3 Å². The number of amides is 1. The summed E-state index contributed by atoms with van der Waals surface area (Å²) in [6.45, 7) is 9.29. The Labute approximate surface area is 151 Å². The number of rotatable bonds is 6. The second-order valence-corrected chi connectivity index (χ2v) is 7.39. The summed E-state index contributed by atoms with van der Waals surface area (Å²) in [6, 6.07) is 8.27. The quantitative estimate of drug-likeness (QED) is 0.787. The summed E-state index contributed by atoms with van der Waals surface area (Å²) in [4.78, 5) is 19.1. The van der Waals surface area contributed by atoms with Crippen LogP contribution in [0.25, 0.3) is 0 Å². The topological polar surface area (TPSA) is 36.0 Å². The van der Waals surface area contributed by atoms with E-state index in [2.05, 4.69) is 28.9 Å². The van der Waals surface area contributed by atoms with Crippen LogP contribution in [0.4, 0.5) is 0 Å². The molecule has 2 fully saturated rings. The van der Waals surface area contributed by atoms with Gasteiger partial charge in [-0.1, -0.05) is 24.3 Å². The molecule has 1 aromatic rings. The molecule has 2 aliphatic rings. The van der Waals surface area contributed by atoms with Crippen LogP contribution in [0, 0.1) is 6.92 Å². The summed E-state index contributed by atoms with van der Waals surface area (Å²) in [5, 5.41) is 0. The first kappa shape index (κ1) is 18.4. The largest absolute Gasteiger partial charge is 0.377 e. The standard InChI is InChI=1S/C20H31N3O2/c1-17-6-3-4-7-18(17)14-21(2)20(24)16-23-11-9-22(10-12-23)15-19-8-5-13-25-19/h3-4,6-7,19H,5,8-16H2,1-2H3. The van der Waals surface area contributed by atoms with Crippen LogP contribution < -0.4 is 0 Å². The van der Waals surface area contributed by atoms with E-state index in [-0.39, 0.29) is 5.91 Å². The Morgan fingerprint density at radius 3 is 2.60 bits per heavy atom. The fourth-order valence-electron chi connectivity index (χ4n) is 3.65. The van der Waals surface area contributed by atoms with Crippen molar-refractivity contribution in [1.29, 1.82) is 0 Å². The van der Waals surface area contributed by atoms with Gasteiger partial charge in [0.15, 0.2) is 0 Å². The second-order valence-electron chi connectivity index (χ2n) is 7.39. The van der Waals surface area contributed by atoms with Crippen LogP contribution in [0.15, 0.2) is 24.3 Å². The Hall–Kier alpha value is -1.43. The van der Waals surface area contributed by atoms with Crippen molar-refractivity contribution < 1.29 is 9.53 Å². The van der Waals surface area contributed by atoms with Crippen molar-refractivity contribution in [3.8, 4) is 0 Å². The van der Waals surface area contributed by atoms with E-state index in [1.54, 1.807) is 0 Å². The van der Waals surface area contributed by atoms with Crippen LogP contribution in [0.3, 0.4) is 0 Å². The smallest absolute Gasteiger partial charge is 0.236 e. The van der Waals surface area contributed by atoms with Crippen molar-refractivity contribution in [3.05, 3.63) is 35.4 Å². The third kappa shape index (κ3) is 5.27. The Morgan fingerprint density at radius 2 is 1.92 bits per heavy atom. The molecule has 0 aromatic heterocycles. The fourth-order valence-corrected chi connectivity index (χ4v) is 3.65. The van der Waals surface area contributed by atoms with Gasteiger partial charge in [-0.05, 0) is 30.9 Å². The molecule has 5 heteroatoms. The maximum atomic E-state index is 12.5. The number of hydrogen-bond acceptors (Lipinski definition) is 4. The molecule has 0 saturated carbocycles. The lowest BCUT2D eigenvalue weighted by molar-refractivity contribution is -0.132. The number of hydrogen-bond donors (Lipinski definition) is 0. The number of nitrogens with zero attached hydrogens (tertiary/aromatic N) is 3. The zero-order valence-electron chi connectivity index (χ0n) is 15.6. The molecule has 2 heterocycles. The molecule has 2 aliphatic heterocycles. The average Bonchev–Trinajstić information content (AvgIpc) is 3.11. The molecule has 138 valence electrons. The van der Waals surface area contributed by atoms with Gasteiger partial charge in [0.05, 0.1) is 12.6 Å². The highest BCUT2D eigenvalue weighted by molar-refractivity contribution is 5.78. The van der Waals surface area contributed by atoms with Crippen molar-refractivity contribution in [1.82, 2.24) is 14.7 Å². The van der Waals surface area contributed by atoms with Crippen LogP contribution in [0.1, 0.15) is 24.0 Å². The minimum absolute atomic E-state index is 0.204. The maximum Gasteiger partial charge on any atom is 0.236 e. The van der Waals surface area contributed by atoms with Crippen LogP contribution in [-0.2, 0) is 16.1 Å². The molecule has 0 N–H and O–H groups in total. The molecule has 0 bridgehead atoms. The Balaban J connectivity index is 1.40. The van der Waals surface area contributed by atoms with Crippen molar-refractivity contribution in [3.63, 3.8) is 0 Å². The van der Waals surface area contributed by atoms with Crippen LogP contribution >= 0.6 is 0 Å². The predicted octanol–water partition coefficient (Wildman–Crippen LogP) is 1.75. The number of ether oxygens (including phenoxy) is 1. The van der Waals surface area contributed by atoms with Crippen molar-refractivity contribution >= 4 is 5.91 Å². The normalized spacial score (nSPS) is 22.2. The lowest BCUT2D eigenvalue weighted by atomic mass is 10.1. The molecule has 0 spiro atoms. The summed E-state index contributed by atoms with van der Waals surface area (Å²) in [6.07, 6.45) is 2.82. The van der Waals surface area contributed by atoms with E-state index in [4.69, 9.17) is 4.74 Å². The van der Waals surface area contributed by atoms with E-state index in [1.807, 2.05) is 24.1 Å². The van der Waals surface area contributed by atoms with Gasteiger partial charge in [-0.2, -0.15) is 0 Å². The van der Waals surface area contributed by atoms with E-state index >= 15 is 0 Å². The van der Waals surface area contributed by atoms with Gasteiger partial charge in [0.2, 0.25) is 5.91 Å². The molecule has 25 heavy (non-hydrogen) atoms. The SMILES string of the molecule is Cc1ccccc1CN(C)C(=O)CN1CCN(CC2CCCO2)CC1. The van der Waals surface area contributed by atoms with Gasteiger partial charge in [0, 0.05) is 52.9 Å². The molecule has 2 saturated heterocycles. The van der Waals surface area contributed by atoms with E-state index < -0.39 is 0 Å². The Morgan fingerprint density at radius 1 is 1.20 bits per heavy atom. The number of carbonyl (C=O) groups is 1. The van der Waals surface area contributed by atoms with Gasteiger partial charge in [-0.25, -0.2) is 0 Å². The van der Waals surface area contributed by atoms with Gasteiger partial charge in [0.1, 0.15) is 0 Å². The highest BCUT2D eigenvalue weighted by Crippen LogP contribution is 2.15. The summed E-state index contributed by atoms with van der Waals surface area (Å²) in [5.41, 5.74) is 2.46. The average molecular weight is 345 g/mol. The lowest BCUT2D eigenvalue weighted by Crippen LogP contribution is -2.51. The van der Waals surface area contributed by atoms with E-state index in [0.29, 0.717) is 19.2 Å². The number of likely N-dealkylation sites (N-methyl/N-ethyl adjacent to an activating group) is 1. The third-order valence-corrected chi connectivity index (χ3v) is 5.40. The van der Waals surface area contributed by atoms with Gasteiger partial charge in [-0.3, -0.25) is 14.6 Å². The first-order valence-corrected chi connectivity index (χ1v) is 9.46. The second kappa shape index (κ2) is 8.79. The number of aryl methyl sites for hydroxylation is 1. The van der Waals surface area contributed by atoms with Gasteiger partial charge in [0.25, 0.3) is 0 Å². The van der Waals surface area contributed by atoms with Gasteiger partial charge in [-0.15, -0.1) is 0 Å². The Bertz CT molecular complexity index is 564. The monoisotopic (exact) mass is 345 g/mol. The molecular formula is C20H31N3O2. The molecule has 1 unspecified atom stereocenters. The number of piperazine rings is 1. The zero-order chi connectivity index (χ0) is 17.6. The first-order valence-electron chi connectivity index (χ1n) is 9.46. The molecule has 1 aromatic carbocycles. The van der Waals surface area contributed by atoms with Crippen LogP contribution in [0.5, 0.6) is 0 Å². The van der Waals surface area contributed by atoms with E-state index in [9.17, 15) is 4.79 Å². The first-order chi connectivity index (χ1) is 12.1. The summed E-state index contributed by atoms with van der Waals surface area (Å²) in [5.74, 6) is 0.204. The zero-order valence-corrected chi connectivity index (χ0v) is 15.6. The number of carbonyl (C=O) groups excluding carboxylic acids is 1. The fraction of sp³-hybridized carbons (Fsp3) is 0.650. The molecular weight excluding hydrogens is 314 g/mol. The molecule has 3 rings (SSSR count). The van der Waals surface area contributed by atoms with Crippen molar-refractivity contribution in [2.24, 2.45) is 0 Å². The lowest BCUT2D eigenvalue weighted by Gasteiger charge is -2.36. The number of benzene rings is 1. The van der Waals surface area contributed by atoms with Crippen LogP contribution in [0.2, 0.25) is 0 Å². The molecule has 0 radical (unpaired) electrons. The predicted molar refractivity (Wildman–Crippen MR) is 99.5 cm³/mol. The van der Waals surface area contributed by atoms with Crippen molar-refractivity contribution in [2.75, 3.05) is 52.9 Å². The third-order valence-electron chi connectivity index (χ3n) is 5.40. The van der Waals surface area contributed by atoms with Gasteiger partial charge >= 0.3 is 0 Å². The molecule has 5 nitrogen and oxygen atoms in total. The Kier molecular flexibility index (Phi) is 6.45. The maximum absolute atomic E-state index is 12.5.